The first-order valence-electron chi connectivity index (χ1n) is 8.00. The van der Waals surface area contributed by atoms with Crippen molar-refractivity contribution in [2.24, 2.45) is 5.92 Å². The van der Waals surface area contributed by atoms with Crippen LogP contribution >= 0.6 is 0 Å². The fourth-order valence-corrected chi connectivity index (χ4v) is 2.87. The van der Waals surface area contributed by atoms with Gasteiger partial charge in [0, 0.05) is 19.5 Å². The van der Waals surface area contributed by atoms with Crippen molar-refractivity contribution >= 4 is 5.91 Å². The molecule has 0 unspecified atom stereocenters. The lowest BCUT2D eigenvalue weighted by atomic mass is 9.97. The van der Waals surface area contributed by atoms with Gasteiger partial charge in [-0.3, -0.25) is 4.79 Å². The number of amides is 1. The molecule has 22 heavy (non-hydrogen) atoms. The summed E-state index contributed by atoms with van der Waals surface area (Å²) >= 11 is 0. The lowest BCUT2D eigenvalue weighted by molar-refractivity contribution is -0.133. The van der Waals surface area contributed by atoms with Gasteiger partial charge in [-0.25, -0.2) is 4.39 Å². The van der Waals surface area contributed by atoms with Gasteiger partial charge in [-0.05, 0) is 50.9 Å². The Labute approximate surface area is 131 Å². The average Bonchev–Trinajstić information content (AvgIpc) is 2.53. The molecule has 1 N–H and O–H groups in total. The smallest absolute Gasteiger partial charge is 0.222 e. The summed E-state index contributed by atoms with van der Waals surface area (Å²) in [7, 11) is 1.95. The molecule has 2 rings (SSSR count). The van der Waals surface area contributed by atoms with Crippen molar-refractivity contribution in [2.45, 2.75) is 25.7 Å². The van der Waals surface area contributed by atoms with Crippen molar-refractivity contribution in [2.75, 3.05) is 33.3 Å². The van der Waals surface area contributed by atoms with Crippen LogP contribution in [0.1, 0.15) is 25.7 Å². The van der Waals surface area contributed by atoms with E-state index in [1.807, 2.05) is 11.9 Å². The van der Waals surface area contributed by atoms with Gasteiger partial charge in [-0.2, -0.15) is 0 Å². The maximum absolute atomic E-state index is 13.4. The molecule has 1 saturated heterocycles. The van der Waals surface area contributed by atoms with Crippen molar-refractivity contribution < 1.29 is 13.9 Å². The predicted molar refractivity (Wildman–Crippen MR) is 84.4 cm³/mol. The maximum atomic E-state index is 13.4. The van der Waals surface area contributed by atoms with E-state index in [1.54, 1.807) is 18.2 Å². The van der Waals surface area contributed by atoms with E-state index in [9.17, 15) is 9.18 Å². The van der Waals surface area contributed by atoms with Gasteiger partial charge in [0.25, 0.3) is 0 Å². The van der Waals surface area contributed by atoms with Gasteiger partial charge >= 0.3 is 0 Å². The average molecular weight is 308 g/mol. The highest BCUT2D eigenvalue weighted by Gasteiger charge is 2.22. The molecule has 1 heterocycles. The molecule has 1 amide bonds. The summed E-state index contributed by atoms with van der Waals surface area (Å²) in [4.78, 5) is 14.2. The summed E-state index contributed by atoms with van der Waals surface area (Å²) in [6.45, 7) is 3.02. The molecule has 1 aromatic rings. The lowest BCUT2D eigenvalue weighted by Crippen LogP contribution is -2.42. The van der Waals surface area contributed by atoms with Gasteiger partial charge in [0.05, 0.1) is 6.61 Å². The second-order valence-electron chi connectivity index (χ2n) is 5.79. The van der Waals surface area contributed by atoms with Gasteiger partial charge in [0.1, 0.15) is 0 Å². The van der Waals surface area contributed by atoms with E-state index in [0.29, 0.717) is 25.4 Å². The Morgan fingerprint density at radius 1 is 1.45 bits per heavy atom. The van der Waals surface area contributed by atoms with Crippen LogP contribution in [-0.4, -0.2) is 44.1 Å². The Morgan fingerprint density at radius 2 is 2.27 bits per heavy atom. The minimum Gasteiger partial charge on any atom is -0.491 e. The van der Waals surface area contributed by atoms with E-state index < -0.39 is 0 Å². The summed E-state index contributed by atoms with van der Waals surface area (Å²) in [6.07, 6.45) is 3.33. The predicted octanol–water partition coefficient (Wildman–Crippen LogP) is 2.44. The van der Waals surface area contributed by atoms with E-state index in [0.717, 1.165) is 26.1 Å². The standard InChI is InChI=1S/C17H25FN2O2/c1-19-12-14-6-4-10-20(13-14)17(21)9-5-11-22-16-8-3-2-7-15(16)18/h2-3,7-8,14,19H,4-6,9-13H2,1H3/t14-/m0/s1. The van der Waals surface area contributed by atoms with E-state index in [2.05, 4.69) is 5.32 Å². The number of halogens is 1. The Morgan fingerprint density at radius 3 is 3.05 bits per heavy atom. The molecule has 122 valence electrons. The Bertz CT molecular complexity index is 479. The summed E-state index contributed by atoms with van der Waals surface area (Å²) in [5, 5.41) is 3.18. The molecule has 4 nitrogen and oxygen atoms in total. The Kier molecular flexibility index (Phi) is 6.65. The topological polar surface area (TPSA) is 41.6 Å². The third-order valence-corrected chi connectivity index (χ3v) is 3.99. The Balaban J connectivity index is 1.68. The van der Waals surface area contributed by atoms with Gasteiger partial charge in [-0.1, -0.05) is 12.1 Å². The first-order chi connectivity index (χ1) is 10.7. The zero-order valence-electron chi connectivity index (χ0n) is 13.2. The Hall–Kier alpha value is -1.62. The van der Waals surface area contributed by atoms with E-state index >= 15 is 0 Å². The fourth-order valence-electron chi connectivity index (χ4n) is 2.87. The number of piperidine rings is 1. The number of nitrogens with one attached hydrogen (secondary N) is 1. The van der Waals surface area contributed by atoms with Crippen molar-refractivity contribution in [3.05, 3.63) is 30.1 Å². The number of rotatable bonds is 7. The first-order valence-corrected chi connectivity index (χ1v) is 8.00. The minimum absolute atomic E-state index is 0.179. The number of carbonyl (C=O) groups excluding carboxylic acids is 1. The van der Waals surface area contributed by atoms with Crippen molar-refractivity contribution in [3.8, 4) is 5.75 Å². The quantitative estimate of drug-likeness (QED) is 0.787. The van der Waals surface area contributed by atoms with Crippen LogP contribution in [0.15, 0.2) is 24.3 Å². The number of hydrogen-bond acceptors (Lipinski definition) is 3. The molecule has 1 aromatic carbocycles. The van der Waals surface area contributed by atoms with E-state index in [1.165, 1.54) is 12.5 Å². The molecule has 0 aliphatic carbocycles. The zero-order chi connectivity index (χ0) is 15.8. The van der Waals surface area contributed by atoms with Crippen molar-refractivity contribution in [1.82, 2.24) is 10.2 Å². The molecule has 0 spiro atoms. The molecule has 5 heteroatoms. The molecule has 0 bridgehead atoms. The molecule has 1 fully saturated rings. The summed E-state index contributed by atoms with van der Waals surface area (Å²) in [5.74, 6) is 0.622. The molecule has 0 radical (unpaired) electrons. The number of hydrogen-bond donors (Lipinski definition) is 1. The number of benzene rings is 1. The zero-order valence-corrected chi connectivity index (χ0v) is 13.2. The van der Waals surface area contributed by atoms with Crippen LogP contribution in [-0.2, 0) is 4.79 Å². The SMILES string of the molecule is CNC[C@@H]1CCCN(C(=O)CCCOc2ccccc2F)C1. The highest BCUT2D eigenvalue weighted by Crippen LogP contribution is 2.18. The molecule has 1 atom stereocenters. The van der Waals surface area contributed by atoms with Crippen LogP contribution in [0.25, 0.3) is 0 Å². The summed E-state index contributed by atoms with van der Waals surface area (Å²) in [6, 6.07) is 6.34. The minimum atomic E-state index is -0.361. The third-order valence-electron chi connectivity index (χ3n) is 3.99. The molecule has 1 aliphatic rings. The molecule has 0 aromatic heterocycles. The third kappa shape index (κ3) is 4.98. The second kappa shape index (κ2) is 8.73. The van der Waals surface area contributed by atoms with Gasteiger partial charge in [-0.15, -0.1) is 0 Å². The van der Waals surface area contributed by atoms with Crippen LogP contribution in [0.4, 0.5) is 4.39 Å². The summed E-state index contributed by atoms with van der Waals surface area (Å²) in [5.41, 5.74) is 0. The highest BCUT2D eigenvalue weighted by molar-refractivity contribution is 5.76. The lowest BCUT2D eigenvalue weighted by Gasteiger charge is -2.32. The normalized spacial score (nSPS) is 18.3. The summed E-state index contributed by atoms with van der Waals surface area (Å²) < 4.78 is 18.8. The number of nitrogens with zero attached hydrogens (tertiary/aromatic N) is 1. The number of ether oxygens (including phenoxy) is 1. The van der Waals surface area contributed by atoms with Gasteiger partial charge in [0.15, 0.2) is 11.6 Å². The molecule has 1 aliphatic heterocycles. The largest absolute Gasteiger partial charge is 0.491 e. The van der Waals surface area contributed by atoms with Crippen molar-refractivity contribution in [3.63, 3.8) is 0 Å². The van der Waals surface area contributed by atoms with Crippen molar-refractivity contribution in [1.29, 1.82) is 0 Å². The molecular weight excluding hydrogens is 283 g/mol. The van der Waals surface area contributed by atoms with Crippen LogP contribution in [0.5, 0.6) is 5.75 Å². The van der Waals surface area contributed by atoms with Crippen LogP contribution in [0.2, 0.25) is 0 Å². The monoisotopic (exact) mass is 308 g/mol. The first kappa shape index (κ1) is 16.7. The van der Waals surface area contributed by atoms with Crippen LogP contribution in [0.3, 0.4) is 0 Å². The van der Waals surface area contributed by atoms with Crippen LogP contribution in [0, 0.1) is 11.7 Å². The second-order valence-corrected chi connectivity index (χ2v) is 5.79. The van der Waals surface area contributed by atoms with Gasteiger partial charge < -0.3 is 15.0 Å². The highest BCUT2D eigenvalue weighted by atomic mass is 19.1. The van der Waals surface area contributed by atoms with Gasteiger partial charge in [0.2, 0.25) is 5.91 Å². The van der Waals surface area contributed by atoms with Crippen LogP contribution < -0.4 is 10.1 Å². The fraction of sp³-hybridized carbons (Fsp3) is 0.588. The number of carbonyl (C=O) groups is 1. The van der Waals surface area contributed by atoms with E-state index in [4.69, 9.17) is 4.74 Å². The number of likely N-dealkylation sites (tertiary alicyclic amines) is 1. The molecule has 0 saturated carbocycles. The number of para-hydroxylation sites is 1. The van der Waals surface area contributed by atoms with E-state index in [-0.39, 0.29) is 17.5 Å². The maximum Gasteiger partial charge on any atom is 0.222 e. The molecular formula is C17H25FN2O2.